The van der Waals surface area contributed by atoms with E-state index in [1.54, 1.807) is 17.0 Å². The number of anilines is 2. The van der Waals surface area contributed by atoms with Crippen LogP contribution in [-0.2, 0) is 20.7 Å². The Hall–Kier alpha value is -3.88. The quantitative estimate of drug-likeness (QED) is 0.503. The second-order valence-electron chi connectivity index (χ2n) is 8.80. The molecule has 3 heterocycles. The zero-order valence-corrected chi connectivity index (χ0v) is 18.9. The third-order valence-corrected chi connectivity index (χ3v) is 6.44. The van der Waals surface area contributed by atoms with Crippen molar-refractivity contribution in [2.24, 2.45) is 0 Å². The second kappa shape index (κ2) is 9.29. The Morgan fingerprint density at radius 1 is 1.28 bits per heavy atom. The molecule has 0 bridgehead atoms. The van der Waals surface area contributed by atoms with E-state index in [1.165, 1.54) is 22.2 Å². The van der Waals surface area contributed by atoms with Gasteiger partial charge in [0, 0.05) is 26.1 Å². The van der Waals surface area contributed by atoms with Gasteiger partial charge in [-0.1, -0.05) is 0 Å². The van der Waals surface area contributed by atoms with Crippen molar-refractivity contribution in [1.82, 2.24) is 31.2 Å². The molecule has 2 atom stereocenters. The minimum atomic E-state index is -3.16. The molecule has 1 saturated carbocycles. The number of carbonyl (C=O) groups excluding carboxylic acids is 3. The molecule has 0 radical (unpaired) electrons. The fourth-order valence-electron chi connectivity index (χ4n) is 4.45. The minimum absolute atomic E-state index is 0.00896. The maximum absolute atomic E-state index is 15.1. The SMILES string of the molecule is O=C(N[C@H]1CC12CN(c1ccc(N3CCNN(C(=O)Cc4cn[nH]n4)CC3)c(F)c1)C(=O)O2)C(F)F. The van der Waals surface area contributed by atoms with Crippen molar-refractivity contribution >= 4 is 29.3 Å². The van der Waals surface area contributed by atoms with Crippen molar-refractivity contribution < 1.29 is 32.3 Å². The number of H-pyrrole nitrogens is 1. The molecule has 3 fully saturated rings. The summed E-state index contributed by atoms with van der Waals surface area (Å²) in [5.74, 6) is -2.18. The van der Waals surface area contributed by atoms with Gasteiger partial charge < -0.3 is 15.0 Å². The Morgan fingerprint density at radius 2 is 2.11 bits per heavy atom. The molecule has 5 rings (SSSR count). The van der Waals surface area contributed by atoms with Crippen molar-refractivity contribution in [3.05, 3.63) is 35.9 Å². The van der Waals surface area contributed by atoms with Crippen LogP contribution >= 0.6 is 0 Å². The second-order valence-corrected chi connectivity index (χ2v) is 8.80. The lowest BCUT2D eigenvalue weighted by Gasteiger charge is -2.24. The zero-order chi connectivity index (χ0) is 25.4. The van der Waals surface area contributed by atoms with Crippen molar-refractivity contribution in [2.45, 2.75) is 30.9 Å². The van der Waals surface area contributed by atoms with Gasteiger partial charge in [-0.15, -0.1) is 0 Å². The van der Waals surface area contributed by atoms with E-state index in [0.717, 1.165) is 0 Å². The number of alkyl halides is 2. The molecule has 3 amide bonds. The van der Waals surface area contributed by atoms with E-state index in [1.807, 2.05) is 0 Å². The van der Waals surface area contributed by atoms with Crippen LogP contribution in [0.15, 0.2) is 24.4 Å². The average Bonchev–Trinajstić information content (AvgIpc) is 3.12. The van der Waals surface area contributed by atoms with Crippen LogP contribution in [0.1, 0.15) is 12.1 Å². The number of aromatic nitrogens is 3. The highest BCUT2D eigenvalue weighted by atomic mass is 19.3. The van der Waals surface area contributed by atoms with Crippen LogP contribution < -0.4 is 20.5 Å². The summed E-state index contributed by atoms with van der Waals surface area (Å²) in [6.07, 6.45) is -2.14. The molecular formula is C21H23F3N8O4. The van der Waals surface area contributed by atoms with Gasteiger partial charge in [-0.2, -0.15) is 24.2 Å². The molecule has 1 spiro atoms. The van der Waals surface area contributed by atoms with Gasteiger partial charge in [0.05, 0.1) is 48.8 Å². The van der Waals surface area contributed by atoms with Crippen LogP contribution in [-0.4, -0.2) is 89.1 Å². The molecular weight excluding hydrogens is 485 g/mol. The maximum Gasteiger partial charge on any atom is 0.415 e. The summed E-state index contributed by atoms with van der Waals surface area (Å²) >= 11 is 0. The lowest BCUT2D eigenvalue weighted by Crippen LogP contribution is -2.44. The van der Waals surface area contributed by atoms with Crippen LogP contribution in [0.3, 0.4) is 0 Å². The Kier molecular flexibility index (Phi) is 6.15. The summed E-state index contributed by atoms with van der Waals surface area (Å²) in [5.41, 5.74) is 3.02. The molecule has 1 aliphatic carbocycles. The monoisotopic (exact) mass is 508 g/mol. The molecule has 1 aromatic carbocycles. The molecule has 3 aliphatic rings. The number of nitrogens with zero attached hydrogens (tertiary/aromatic N) is 5. The lowest BCUT2D eigenvalue weighted by atomic mass is 10.2. The largest absolute Gasteiger partial charge is 0.438 e. The first-order chi connectivity index (χ1) is 17.3. The number of benzene rings is 1. The van der Waals surface area contributed by atoms with E-state index in [4.69, 9.17) is 4.74 Å². The zero-order valence-electron chi connectivity index (χ0n) is 18.9. The number of hydrogen-bond acceptors (Lipinski definition) is 8. The molecule has 2 aromatic rings. The third kappa shape index (κ3) is 4.65. The summed E-state index contributed by atoms with van der Waals surface area (Å²) in [6.45, 7) is 1.52. The predicted octanol–water partition coefficient (Wildman–Crippen LogP) is 0.189. The van der Waals surface area contributed by atoms with E-state index in [9.17, 15) is 23.2 Å². The molecule has 12 nitrogen and oxygen atoms in total. The molecule has 1 unspecified atom stereocenters. The Labute approximate surface area is 202 Å². The van der Waals surface area contributed by atoms with Crippen LogP contribution in [0.2, 0.25) is 0 Å². The van der Waals surface area contributed by atoms with Gasteiger partial charge in [0.1, 0.15) is 5.82 Å². The minimum Gasteiger partial charge on any atom is -0.438 e. The van der Waals surface area contributed by atoms with Crippen molar-refractivity contribution in [1.29, 1.82) is 0 Å². The third-order valence-electron chi connectivity index (χ3n) is 6.44. The first-order valence-corrected chi connectivity index (χ1v) is 11.3. The van der Waals surface area contributed by atoms with Crippen molar-refractivity contribution in [3.63, 3.8) is 0 Å². The van der Waals surface area contributed by atoms with Crippen LogP contribution in [0.25, 0.3) is 0 Å². The fraction of sp³-hybridized carbons (Fsp3) is 0.476. The average molecular weight is 508 g/mol. The topological polar surface area (TPSA) is 136 Å². The van der Waals surface area contributed by atoms with E-state index >= 15 is 4.39 Å². The van der Waals surface area contributed by atoms with Gasteiger partial charge in [-0.05, 0) is 18.2 Å². The molecule has 2 aliphatic heterocycles. The normalized spacial score (nSPS) is 23.7. The van der Waals surface area contributed by atoms with Gasteiger partial charge in [0.25, 0.3) is 5.91 Å². The van der Waals surface area contributed by atoms with Gasteiger partial charge in [-0.3, -0.25) is 19.5 Å². The number of amides is 3. The fourth-order valence-corrected chi connectivity index (χ4v) is 4.45. The Balaban J connectivity index is 1.21. The smallest absolute Gasteiger partial charge is 0.415 e. The van der Waals surface area contributed by atoms with Gasteiger partial charge >= 0.3 is 12.5 Å². The van der Waals surface area contributed by atoms with Crippen LogP contribution in [0, 0.1) is 5.82 Å². The summed E-state index contributed by atoms with van der Waals surface area (Å²) in [5, 5.41) is 13.6. The first kappa shape index (κ1) is 23.8. The number of aromatic amines is 1. The van der Waals surface area contributed by atoms with E-state index in [-0.39, 0.29) is 31.0 Å². The van der Waals surface area contributed by atoms with E-state index in [2.05, 4.69) is 26.2 Å². The molecule has 192 valence electrons. The Morgan fingerprint density at radius 3 is 2.83 bits per heavy atom. The van der Waals surface area contributed by atoms with E-state index in [0.29, 0.717) is 37.6 Å². The Bertz CT molecular complexity index is 1170. The van der Waals surface area contributed by atoms with Crippen molar-refractivity contribution in [2.75, 3.05) is 42.5 Å². The molecule has 1 aromatic heterocycles. The number of carbonyl (C=O) groups is 3. The first-order valence-electron chi connectivity index (χ1n) is 11.3. The number of hydrazine groups is 1. The highest BCUT2D eigenvalue weighted by Gasteiger charge is 2.64. The highest BCUT2D eigenvalue weighted by Crippen LogP contribution is 2.46. The molecule has 36 heavy (non-hydrogen) atoms. The summed E-state index contributed by atoms with van der Waals surface area (Å²) in [4.78, 5) is 39.2. The predicted molar refractivity (Wildman–Crippen MR) is 118 cm³/mol. The number of halogens is 3. The number of nitrogens with one attached hydrogen (secondary N) is 3. The summed E-state index contributed by atoms with van der Waals surface area (Å²) < 4.78 is 45.5. The number of rotatable bonds is 6. The van der Waals surface area contributed by atoms with Gasteiger partial charge in [0.2, 0.25) is 5.91 Å². The van der Waals surface area contributed by atoms with Crippen LogP contribution in [0.5, 0.6) is 0 Å². The number of hydrogen-bond donors (Lipinski definition) is 3. The standard InChI is InChI=1S/C21H23F3N8O4/c22-14-8-13(31-11-21(36-20(31)35)9-16(21)27-19(34)18(23)24)1-2-15(14)30-4-3-26-32(6-5-30)17(33)7-12-10-25-29-28-12/h1-2,8,10,16,18,26H,3-7,9,11H2,(H,27,34)(H,25,28,29)/t16-,21?/m0/s1. The summed E-state index contributed by atoms with van der Waals surface area (Å²) in [7, 11) is 0. The van der Waals surface area contributed by atoms with Gasteiger partial charge in [-0.25, -0.2) is 14.6 Å². The number of ether oxygens (including phenoxy) is 1. The highest BCUT2D eigenvalue weighted by molar-refractivity contribution is 5.91. The van der Waals surface area contributed by atoms with Gasteiger partial charge in [0.15, 0.2) is 5.60 Å². The summed E-state index contributed by atoms with van der Waals surface area (Å²) in [6, 6.07) is 3.60. The lowest BCUT2D eigenvalue weighted by molar-refractivity contribution is -0.133. The molecule has 3 N–H and O–H groups in total. The van der Waals surface area contributed by atoms with Crippen molar-refractivity contribution in [3.8, 4) is 0 Å². The molecule has 15 heteroatoms. The van der Waals surface area contributed by atoms with E-state index < -0.39 is 35.9 Å². The molecule has 2 saturated heterocycles. The van der Waals surface area contributed by atoms with Crippen LogP contribution in [0.4, 0.5) is 29.3 Å². The maximum atomic E-state index is 15.1.